The predicted molar refractivity (Wildman–Crippen MR) is 86.8 cm³/mol. The zero-order chi connectivity index (χ0) is 16.0. The van der Waals surface area contributed by atoms with E-state index in [1.807, 2.05) is 24.3 Å². The highest BCUT2D eigenvalue weighted by Gasteiger charge is 2.61. The molecule has 4 aliphatic carbocycles. The Hall–Kier alpha value is -1.90. The Balaban J connectivity index is 1.60. The second-order valence-corrected chi connectivity index (χ2v) is 7.19. The van der Waals surface area contributed by atoms with Crippen LogP contribution in [0.25, 0.3) is 0 Å². The minimum absolute atomic E-state index is 0.103. The third-order valence-electron chi connectivity index (χ3n) is 6.20. The molecule has 0 N–H and O–H groups in total. The number of ketones is 1. The van der Waals surface area contributed by atoms with Gasteiger partial charge in [0.2, 0.25) is 0 Å². The number of hydrogen-bond acceptors (Lipinski definition) is 3. The lowest BCUT2D eigenvalue weighted by Gasteiger charge is -2.51. The molecule has 4 bridgehead atoms. The minimum atomic E-state index is -0.253. The third kappa shape index (κ3) is 2.25. The van der Waals surface area contributed by atoms with Gasteiger partial charge in [-0.2, -0.15) is 0 Å². The number of ether oxygens (including phenoxy) is 1. The minimum Gasteiger partial charge on any atom is -0.458 e. The highest BCUT2D eigenvalue weighted by atomic mass is 16.5. The van der Waals surface area contributed by atoms with E-state index in [-0.39, 0.29) is 23.9 Å². The lowest BCUT2D eigenvalue weighted by molar-refractivity contribution is -0.129. The Morgan fingerprint density at radius 1 is 1.17 bits per heavy atom. The normalized spacial score (nSPS) is 37.7. The Kier molecular flexibility index (Phi) is 3.59. The van der Waals surface area contributed by atoms with Gasteiger partial charge in [-0.3, -0.25) is 4.79 Å². The molecule has 5 rings (SSSR count). The lowest BCUT2D eigenvalue weighted by atomic mass is 9.56. The summed E-state index contributed by atoms with van der Waals surface area (Å²) in [6.07, 6.45) is 5.43. The molecular formula is C20H22O3. The van der Waals surface area contributed by atoms with Crippen molar-refractivity contribution in [2.45, 2.75) is 31.8 Å². The van der Waals surface area contributed by atoms with Gasteiger partial charge in [-0.25, -0.2) is 4.79 Å². The fourth-order valence-electron chi connectivity index (χ4n) is 5.38. The summed E-state index contributed by atoms with van der Waals surface area (Å²) >= 11 is 0. The van der Waals surface area contributed by atoms with Gasteiger partial charge in [-0.05, 0) is 43.2 Å². The standard InChI is InChI=1S/C20H22O3/c1-2-6-13-15-10-9-14-16(11-17(21)18(13)14)19(15)23-20(22)12-7-4-3-5-8-12/h2-5,7-8,13-16,18-19H,1,6,9-11H2. The van der Waals surface area contributed by atoms with E-state index in [0.29, 0.717) is 35.5 Å². The largest absolute Gasteiger partial charge is 0.458 e. The van der Waals surface area contributed by atoms with E-state index in [1.165, 1.54) is 0 Å². The van der Waals surface area contributed by atoms with Gasteiger partial charge < -0.3 is 4.74 Å². The van der Waals surface area contributed by atoms with E-state index in [1.54, 1.807) is 12.1 Å². The predicted octanol–water partition coefficient (Wildman–Crippen LogP) is 3.65. The van der Waals surface area contributed by atoms with Crippen LogP contribution in [0.4, 0.5) is 0 Å². The van der Waals surface area contributed by atoms with Crippen molar-refractivity contribution in [3.8, 4) is 0 Å². The number of fused-ring (bicyclic) bond motifs is 1. The molecule has 3 nitrogen and oxygen atoms in total. The van der Waals surface area contributed by atoms with Crippen LogP contribution in [-0.2, 0) is 9.53 Å². The molecule has 4 saturated carbocycles. The molecule has 23 heavy (non-hydrogen) atoms. The van der Waals surface area contributed by atoms with Crippen molar-refractivity contribution < 1.29 is 14.3 Å². The average Bonchev–Trinajstić information content (AvgIpc) is 2.88. The van der Waals surface area contributed by atoms with Crippen LogP contribution >= 0.6 is 0 Å². The Bertz CT molecular complexity index is 636. The summed E-state index contributed by atoms with van der Waals surface area (Å²) < 4.78 is 5.94. The Labute approximate surface area is 136 Å². The number of hydrogen-bond donors (Lipinski definition) is 0. The van der Waals surface area contributed by atoms with Crippen LogP contribution in [0.2, 0.25) is 0 Å². The molecule has 0 saturated heterocycles. The fourth-order valence-corrected chi connectivity index (χ4v) is 5.38. The zero-order valence-corrected chi connectivity index (χ0v) is 13.2. The molecular weight excluding hydrogens is 288 g/mol. The molecule has 4 aliphatic rings. The van der Waals surface area contributed by atoms with Gasteiger partial charge in [-0.1, -0.05) is 24.3 Å². The van der Waals surface area contributed by atoms with Crippen molar-refractivity contribution in [3.05, 3.63) is 48.6 Å². The highest BCUT2D eigenvalue weighted by Crippen LogP contribution is 2.59. The molecule has 0 amide bonds. The Morgan fingerprint density at radius 2 is 1.91 bits per heavy atom. The van der Waals surface area contributed by atoms with Gasteiger partial charge in [0, 0.05) is 24.2 Å². The summed E-state index contributed by atoms with van der Waals surface area (Å²) in [5.41, 5.74) is 0.593. The molecule has 0 heterocycles. The maximum atomic E-state index is 12.5. The van der Waals surface area contributed by atoms with Gasteiger partial charge in [0.15, 0.2) is 0 Å². The van der Waals surface area contributed by atoms with Crippen LogP contribution in [0.5, 0.6) is 0 Å². The van der Waals surface area contributed by atoms with Crippen molar-refractivity contribution in [2.24, 2.45) is 29.6 Å². The second kappa shape index (κ2) is 5.63. The van der Waals surface area contributed by atoms with Crippen LogP contribution in [0.15, 0.2) is 43.0 Å². The van der Waals surface area contributed by atoms with Crippen molar-refractivity contribution in [1.82, 2.24) is 0 Å². The quantitative estimate of drug-likeness (QED) is 0.630. The zero-order valence-electron chi connectivity index (χ0n) is 13.2. The molecule has 0 radical (unpaired) electrons. The van der Waals surface area contributed by atoms with Crippen molar-refractivity contribution in [2.75, 3.05) is 0 Å². The van der Waals surface area contributed by atoms with Gasteiger partial charge >= 0.3 is 5.97 Å². The topological polar surface area (TPSA) is 43.4 Å². The summed E-state index contributed by atoms with van der Waals surface area (Å²) in [6, 6.07) is 9.15. The van der Waals surface area contributed by atoms with Crippen LogP contribution in [0, 0.1) is 29.6 Å². The molecule has 0 aromatic heterocycles. The fraction of sp³-hybridized carbons (Fsp3) is 0.500. The number of carbonyl (C=O) groups is 2. The Morgan fingerprint density at radius 3 is 2.65 bits per heavy atom. The maximum Gasteiger partial charge on any atom is 0.338 e. The molecule has 1 aromatic carbocycles. The number of benzene rings is 1. The van der Waals surface area contributed by atoms with E-state index in [4.69, 9.17) is 4.74 Å². The molecule has 6 atom stereocenters. The molecule has 0 aliphatic heterocycles. The molecule has 120 valence electrons. The average molecular weight is 310 g/mol. The van der Waals surface area contributed by atoms with E-state index >= 15 is 0 Å². The number of Topliss-reactive ketones (excluding diaryl/α,β-unsaturated/α-hetero) is 1. The molecule has 3 heteroatoms. The second-order valence-electron chi connectivity index (χ2n) is 7.19. The monoisotopic (exact) mass is 310 g/mol. The van der Waals surface area contributed by atoms with E-state index < -0.39 is 0 Å². The SMILES string of the molecule is C=CCC1C2CCC3C(CC(=O)C13)C2OC(=O)c1ccccc1. The van der Waals surface area contributed by atoms with Crippen LogP contribution in [0.1, 0.15) is 36.0 Å². The smallest absolute Gasteiger partial charge is 0.338 e. The third-order valence-corrected chi connectivity index (χ3v) is 6.20. The molecule has 0 spiro atoms. The molecule has 4 fully saturated rings. The van der Waals surface area contributed by atoms with Gasteiger partial charge in [0.25, 0.3) is 0 Å². The van der Waals surface area contributed by atoms with Crippen LogP contribution in [0.3, 0.4) is 0 Å². The number of rotatable bonds is 4. The van der Waals surface area contributed by atoms with Gasteiger partial charge in [-0.15, -0.1) is 6.58 Å². The highest BCUT2D eigenvalue weighted by molar-refractivity contribution is 5.90. The van der Waals surface area contributed by atoms with E-state index in [0.717, 1.165) is 19.3 Å². The first-order chi connectivity index (χ1) is 11.2. The number of esters is 1. The summed E-state index contributed by atoms with van der Waals surface area (Å²) in [5, 5.41) is 0. The van der Waals surface area contributed by atoms with Crippen molar-refractivity contribution in [3.63, 3.8) is 0 Å². The van der Waals surface area contributed by atoms with Crippen LogP contribution < -0.4 is 0 Å². The summed E-state index contributed by atoms with van der Waals surface area (Å²) in [6.45, 7) is 3.86. The summed E-state index contributed by atoms with van der Waals surface area (Å²) in [4.78, 5) is 24.9. The molecule has 1 aromatic rings. The van der Waals surface area contributed by atoms with E-state index in [9.17, 15) is 9.59 Å². The van der Waals surface area contributed by atoms with Crippen LogP contribution in [-0.4, -0.2) is 17.9 Å². The van der Waals surface area contributed by atoms with E-state index in [2.05, 4.69) is 6.58 Å². The van der Waals surface area contributed by atoms with Crippen molar-refractivity contribution in [1.29, 1.82) is 0 Å². The lowest BCUT2D eigenvalue weighted by Crippen LogP contribution is -2.51. The first-order valence-corrected chi connectivity index (χ1v) is 8.60. The van der Waals surface area contributed by atoms with Gasteiger partial charge in [0.05, 0.1) is 5.56 Å². The maximum absolute atomic E-state index is 12.5. The first kappa shape index (κ1) is 14.7. The summed E-state index contributed by atoms with van der Waals surface area (Å²) in [5.74, 6) is 1.58. The molecule has 6 unspecified atom stereocenters. The number of carbonyl (C=O) groups excluding carboxylic acids is 2. The number of allylic oxidation sites excluding steroid dienone is 1. The van der Waals surface area contributed by atoms with Crippen molar-refractivity contribution >= 4 is 11.8 Å². The first-order valence-electron chi connectivity index (χ1n) is 8.60. The van der Waals surface area contributed by atoms with Gasteiger partial charge in [0.1, 0.15) is 11.9 Å². The summed E-state index contributed by atoms with van der Waals surface area (Å²) in [7, 11) is 0.